The third-order valence-corrected chi connectivity index (χ3v) is 4.09. The second-order valence-electron chi connectivity index (χ2n) is 6.13. The van der Waals surface area contributed by atoms with Crippen molar-refractivity contribution in [3.63, 3.8) is 0 Å². The normalized spacial score (nSPS) is 10.3. The number of hydrogen-bond donors (Lipinski definition) is 2. The Morgan fingerprint density at radius 1 is 1.04 bits per heavy atom. The fourth-order valence-electron chi connectivity index (χ4n) is 2.71. The summed E-state index contributed by atoms with van der Waals surface area (Å²) >= 11 is 0. The highest BCUT2D eigenvalue weighted by atomic mass is 16.5. The fourth-order valence-corrected chi connectivity index (χ4v) is 2.71. The fraction of sp³-hybridized carbons (Fsp3) is 0.190. The zero-order chi connectivity index (χ0) is 19.1. The predicted molar refractivity (Wildman–Crippen MR) is 105 cm³/mol. The van der Waals surface area contributed by atoms with Crippen molar-refractivity contribution in [1.82, 2.24) is 15.3 Å². The van der Waals surface area contributed by atoms with Crippen molar-refractivity contribution in [1.29, 1.82) is 0 Å². The first-order valence-electron chi connectivity index (χ1n) is 8.67. The molecule has 0 aliphatic heterocycles. The molecule has 138 valence electrons. The lowest BCUT2D eigenvalue weighted by Crippen LogP contribution is -2.24. The van der Waals surface area contributed by atoms with Crippen molar-refractivity contribution in [2.75, 3.05) is 12.4 Å². The van der Waals surface area contributed by atoms with E-state index in [1.165, 1.54) is 6.33 Å². The molecule has 27 heavy (non-hydrogen) atoms. The number of aromatic nitrogens is 2. The van der Waals surface area contributed by atoms with Gasteiger partial charge in [0, 0.05) is 24.7 Å². The molecule has 0 spiro atoms. The average molecular weight is 362 g/mol. The first-order chi connectivity index (χ1) is 13.2. The molecule has 0 atom stereocenters. The molecule has 3 rings (SSSR count). The minimum absolute atomic E-state index is 0.237. The third-order valence-electron chi connectivity index (χ3n) is 4.09. The number of hydrogen-bond acceptors (Lipinski definition) is 5. The van der Waals surface area contributed by atoms with Crippen LogP contribution in [0, 0.1) is 6.92 Å². The first kappa shape index (κ1) is 18.4. The molecule has 1 aromatic heterocycles. The van der Waals surface area contributed by atoms with E-state index in [0.717, 1.165) is 22.4 Å². The van der Waals surface area contributed by atoms with Gasteiger partial charge in [0.05, 0.1) is 7.11 Å². The van der Waals surface area contributed by atoms with Crippen molar-refractivity contribution in [2.24, 2.45) is 0 Å². The van der Waals surface area contributed by atoms with Gasteiger partial charge in [-0.3, -0.25) is 4.79 Å². The molecule has 1 heterocycles. The van der Waals surface area contributed by atoms with Gasteiger partial charge in [-0.15, -0.1) is 0 Å². The predicted octanol–water partition coefficient (Wildman–Crippen LogP) is 3.34. The number of anilines is 1. The number of methoxy groups -OCH3 is 1. The van der Waals surface area contributed by atoms with E-state index in [0.29, 0.717) is 24.6 Å². The average Bonchev–Trinajstić information content (AvgIpc) is 2.71. The molecule has 0 fully saturated rings. The number of benzene rings is 2. The van der Waals surface area contributed by atoms with Crippen molar-refractivity contribution in [2.45, 2.75) is 20.0 Å². The van der Waals surface area contributed by atoms with Crippen LogP contribution in [0.2, 0.25) is 0 Å². The van der Waals surface area contributed by atoms with Gasteiger partial charge in [0.25, 0.3) is 5.91 Å². The summed E-state index contributed by atoms with van der Waals surface area (Å²) in [6.45, 7) is 3.01. The number of nitrogens with one attached hydrogen (secondary N) is 2. The molecule has 1 amide bonds. The Morgan fingerprint density at radius 3 is 2.70 bits per heavy atom. The second-order valence-corrected chi connectivity index (χ2v) is 6.13. The molecule has 0 unspecified atom stereocenters. The van der Waals surface area contributed by atoms with E-state index in [1.807, 2.05) is 55.5 Å². The van der Waals surface area contributed by atoms with Crippen LogP contribution >= 0.6 is 0 Å². The minimum atomic E-state index is -0.237. The highest BCUT2D eigenvalue weighted by Crippen LogP contribution is 2.18. The van der Waals surface area contributed by atoms with Gasteiger partial charge in [-0.05, 0) is 18.6 Å². The van der Waals surface area contributed by atoms with Crippen LogP contribution in [0.3, 0.4) is 0 Å². The lowest BCUT2D eigenvalue weighted by molar-refractivity contribution is 0.0946. The summed E-state index contributed by atoms with van der Waals surface area (Å²) in [4.78, 5) is 20.6. The van der Waals surface area contributed by atoms with Crippen molar-refractivity contribution in [3.05, 3.63) is 83.3 Å². The molecular formula is C21H22N4O2. The zero-order valence-electron chi connectivity index (χ0n) is 15.4. The molecule has 6 nitrogen and oxygen atoms in total. The number of aryl methyl sites for hydroxylation is 1. The zero-order valence-corrected chi connectivity index (χ0v) is 15.4. The Balaban J connectivity index is 1.61. The summed E-state index contributed by atoms with van der Waals surface area (Å²) in [5.41, 5.74) is 3.53. The summed E-state index contributed by atoms with van der Waals surface area (Å²) in [6.07, 6.45) is 1.38. The molecule has 2 N–H and O–H groups in total. The van der Waals surface area contributed by atoms with E-state index < -0.39 is 0 Å². The van der Waals surface area contributed by atoms with E-state index in [1.54, 1.807) is 13.2 Å². The van der Waals surface area contributed by atoms with E-state index in [4.69, 9.17) is 4.74 Å². The molecule has 3 aromatic rings. The quantitative estimate of drug-likeness (QED) is 0.674. The highest BCUT2D eigenvalue weighted by molar-refractivity contribution is 5.92. The van der Waals surface area contributed by atoms with E-state index >= 15 is 0 Å². The summed E-state index contributed by atoms with van der Waals surface area (Å²) in [5, 5.41) is 6.09. The Kier molecular flexibility index (Phi) is 5.99. The first-order valence-corrected chi connectivity index (χ1v) is 8.67. The summed E-state index contributed by atoms with van der Waals surface area (Å²) < 4.78 is 5.34. The summed E-state index contributed by atoms with van der Waals surface area (Å²) in [5.74, 6) is 1.14. The topological polar surface area (TPSA) is 76.1 Å². The molecule has 0 radical (unpaired) electrons. The van der Waals surface area contributed by atoms with Crippen LogP contribution in [0.25, 0.3) is 0 Å². The van der Waals surface area contributed by atoms with Crippen LogP contribution in [0.1, 0.15) is 27.2 Å². The van der Waals surface area contributed by atoms with E-state index in [9.17, 15) is 4.79 Å². The lowest BCUT2D eigenvalue weighted by Gasteiger charge is -2.10. The van der Waals surface area contributed by atoms with Gasteiger partial charge >= 0.3 is 0 Å². The van der Waals surface area contributed by atoms with Crippen LogP contribution in [0.5, 0.6) is 5.75 Å². The van der Waals surface area contributed by atoms with Gasteiger partial charge in [0.15, 0.2) is 0 Å². The van der Waals surface area contributed by atoms with Gasteiger partial charge in [-0.2, -0.15) is 0 Å². The SMILES string of the molecule is COc1ccccc1CNc1cc(C(=O)NCc2cccc(C)c2)ncn1. The maximum Gasteiger partial charge on any atom is 0.270 e. The number of carbonyl (C=O) groups excluding carboxylic acids is 1. The Morgan fingerprint density at radius 2 is 1.89 bits per heavy atom. The summed E-state index contributed by atoms with van der Waals surface area (Å²) in [6, 6.07) is 17.4. The van der Waals surface area contributed by atoms with Gasteiger partial charge in [-0.1, -0.05) is 48.0 Å². The van der Waals surface area contributed by atoms with Crippen LogP contribution < -0.4 is 15.4 Å². The van der Waals surface area contributed by atoms with E-state index in [2.05, 4.69) is 20.6 Å². The number of nitrogens with zero attached hydrogens (tertiary/aromatic N) is 2. The van der Waals surface area contributed by atoms with Crippen molar-refractivity contribution >= 4 is 11.7 Å². The van der Waals surface area contributed by atoms with Gasteiger partial charge < -0.3 is 15.4 Å². The molecular weight excluding hydrogens is 340 g/mol. The molecule has 6 heteroatoms. The highest BCUT2D eigenvalue weighted by Gasteiger charge is 2.09. The third kappa shape index (κ3) is 5.04. The molecule has 2 aromatic carbocycles. The number of amides is 1. The largest absolute Gasteiger partial charge is 0.496 e. The molecule has 0 saturated carbocycles. The Labute approximate surface area is 158 Å². The monoisotopic (exact) mass is 362 g/mol. The number of rotatable bonds is 7. The molecule has 0 aliphatic carbocycles. The summed E-state index contributed by atoms with van der Waals surface area (Å²) in [7, 11) is 1.64. The molecule has 0 bridgehead atoms. The standard InChI is InChI=1S/C21H22N4O2/c1-15-6-5-7-16(10-15)12-23-21(26)18-11-20(25-14-24-18)22-13-17-8-3-4-9-19(17)27-2/h3-11,14H,12-13H2,1-2H3,(H,23,26)(H,22,24,25). The van der Waals surface area contributed by atoms with Crippen LogP contribution in [0.15, 0.2) is 60.9 Å². The Bertz CT molecular complexity index is 927. The van der Waals surface area contributed by atoms with Crippen molar-refractivity contribution < 1.29 is 9.53 Å². The number of para-hydroxylation sites is 1. The van der Waals surface area contributed by atoms with Crippen LogP contribution in [-0.2, 0) is 13.1 Å². The second kappa shape index (κ2) is 8.80. The van der Waals surface area contributed by atoms with Crippen LogP contribution in [-0.4, -0.2) is 23.0 Å². The number of ether oxygens (including phenoxy) is 1. The molecule has 0 saturated heterocycles. The number of carbonyl (C=O) groups is 1. The van der Waals surface area contributed by atoms with Gasteiger partial charge in [0.2, 0.25) is 0 Å². The van der Waals surface area contributed by atoms with Gasteiger partial charge in [-0.25, -0.2) is 9.97 Å². The van der Waals surface area contributed by atoms with Crippen LogP contribution in [0.4, 0.5) is 5.82 Å². The lowest BCUT2D eigenvalue weighted by atomic mass is 10.1. The maximum absolute atomic E-state index is 12.4. The Hall–Kier alpha value is -3.41. The molecule has 0 aliphatic rings. The van der Waals surface area contributed by atoms with Crippen molar-refractivity contribution in [3.8, 4) is 5.75 Å². The van der Waals surface area contributed by atoms with Gasteiger partial charge in [0.1, 0.15) is 23.6 Å². The minimum Gasteiger partial charge on any atom is -0.496 e. The maximum atomic E-state index is 12.4. The van der Waals surface area contributed by atoms with E-state index in [-0.39, 0.29) is 5.91 Å². The smallest absolute Gasteiger partial charge is 0.270 e.